The van der Waals surface area contributed by atoms with Crippen LogP contribution in [0.2, 0.25) is 0 Å². The smallest absolute Gasteiger partial charge is 0.0645 e. The fourth-order valence-corrected chi connectivity index (χ4v) is 1.28. The normalized spacial score (nSPS) is 11.2. The first-order valence-electron chi connectivity index (χ1n) is 3.80. The van der Waals surface area contributed by atoms with Crippen molar-refractivity contribution in [3.8, 4) is 0 Å². The molecule has 0 fully saturated rings. The monoisotopic (exact) mass is 159 g/mol. The Morgan fingerprint density at radius 2 is 1.90 bits per heavy atom. The van der Waals surface area contributed by atoms with E-state index in [9.17, 15) is 0 Å². The zero-order chi connectivity index (χ0) is 8.20. The van der Waals surface area contributed by atoms with Crippen LogP contribution in [0, 0.1) is 0 Å². The molecule has 1 nitrogen and oxygen atoms in total. The summed E-state index contributed by atoms with van der Waals surface area (Å²) in [6.45, 7) is 9.73. The molecule has 0 unspecified atom stereocenters. The second-order valence-corrected chi connectivity index (χ2v) is 3.27. The van der Waals surface area contributed by atoms with Crippen molar-refractivity contribution in [2.75, 3.05) is 6.54 Å². The molecule has 0 aliphatic carbocycles. The first-order chi connectivity index (χ1) is 4.58. The van der Waals surface area contributed by atoms with Crippen molar-refractivity contribution in [1.82, 2.24) is 4.90 Å². The minimum atomic E-state index is 0.233. The summed E-state index contributed by atoms with van der Waals surface area (Å²) < 4.78 is 0. The lowest BCUT2D eigenvalue weighted by molar-refractivity contribution is 0.227. The number of nitrogens with zero attached hydrogens (tertiary/aromatic N) is 1. The quantitative estimate of drug-likeness (QED) is 0.580. The number of rotatable bonds is 4. The Kier molecular flexibility index (Phi) is 3.87. The molecule has 0 bridgehead atoms. The molecule has 0 saturated carbocycles. The number of hydrogen-bond acceptors (Lipinski definition) is 1. The average Bonchev–Trinajstić information content (AvgIpc) is 1.90. The van der Waals surface area contributed by atoms with Gasteiger partial charge in [0, 0.05) is 12.1 Å². The summed E-state index contributed by atoms with van der Waals surface area (Å²) in [7, 11) is 0. The van der Waals surface area contributed by atoms with Crippen LogP contribution < -0.4 is 0 Å². The van der Waals surface area contributed by atoms with Crippen LogP contribution in [-0.2, 0) is 0 Å². The maximum Gasteiger partial charge on any atom is 0.0645 e. The Balaban J connectivity index is 4.10. The molecular weight excluding hydrogens is 142 g/mol. The molecule has 0 aliphatic rings. The second-order valence-electron chi connectivity index (χ2n) is 3.06. The van der Waals surface area contributed by atoms with Crippen molar-refractivity contribution in [2.24, 2.45) is 0 Å². The molecule has 0 aromatic carbocycles. The molecule has 0 N–H and O–H groups in total. The molecule has 0 aliphatic heterocycles. The van der Waals surface area contributed by atoms with E-state index in [1.54, 1.807) is 5.49 Å². The van der Waals surface area contributed by atoms with Crippen LogP contribution >= 0.6 is 12.2 Å². The molecule has 0 radical (unpaired) electrons. The first-order valence-corrected chi connectivity index (χ1v) is 4.27. The summed E-state index contributed by atoms with van der Waals surface area (Å²) in [4.78, 5) is 2.18. The van der Waals surface area contributed by atoms with Gasteiger partial charge in [0.15, 0.2) is 0 Å². The van der Waals surface area contributed by atoms with Gasteiger partial charge in [-0.1, -0.05) is 19.1 Å². The van der Waals surface area contributed by atoms with Gasteiger partial charge in [-0.05, 0) is 27.2 Å². The van der Waals surface area contributed by atoms with Crippen LogP contribution in [0.3, 0.4) is 0 Å². The standard InChI is InChI=1S/C8H17NS/c1-5-8(3,4)9(6-2)7-10/h7H,5-6H2,1-4H3. The third-order valence-electron chi connectivity index (χ3n) is 2.11. The number of thiocarbonyl (C=S) groups is 1. The molecule has 0 aromatic heterocycles. The minimum absolute atomic E-state index is 0.233. The van der Waals surface area contributed by atoms with E-state index in [0.29, 0.717) is 0 Å². The zero-order valence-electron chi connectivity index (χ0n) is 7.35. The maximum absolute atomic E-state index is 4.89. The Labute approximate surface area is 69.4 Å². The zero-order valence-corrected chi connectivity index (χ0v) is 8.16. The van der Waals surface area contributed by atoms with Crippen LogP contribution in [0.25, 0.3) is 0 Å². The SMILES string of the molecule is CCN(C=S)C(C)(C)CC. The van der Waals surface area contributed by atoms with Crippen molar-refractivity contribution >= 4 is 17.7 Å². The molecule has 0 rings (SSSR count). The van der Waals surface area contributed by atoms with Gasteiger partial charge in [-0.25, -0.2) is 0 Å². The van der Waals surface area contributed by atoms with E-state index >= 15 is 0 Å². The lowest BCUT2D eigenvalue weighted by atomic mass is 10.0. The van der Waals surface area contributed by atoms with E-state index in [1.807, 2.05) is 0 Å². The summed E-state index contributed by atoms with van der Waals surface area (Å²) in [6, 6.07) is 0. The Bertz CT molecular complexity index is 110. The van der Waals surface area contributed by atoms with Gasteiger partial charge in [0.25, 0.3) is 0 Å². The van der Waals surface area contributed by atoms with Gasteiger partial charge in [0.1, 0.15) is 0 Å². The maximum atomic E-state index is 4.89. The highest BCUT2D eigenvalue weighted by atomic mass is 32.1. The van der Waals surface area contributed by atoms with Crippen LogP contribution in [0.5, 0.6) is 0 Å². The van der Waals surface area contributed by atoms with Crippen molar-refractivity contribution in [1.29, 1.82) is 0 Å². The summed E-state index contributed by atoms with van der Waals surface area (Å²) >= 11 is 4.89. The molecule has 0 aromatic rings. The van der Waals surface area contributed by atoms with E-state index in [4.69, 9.17) is 12.2 Å². The van der Waals surface area contributed by atoms with Gasteiger partial charge in [0.2, 0.25) is 0 Å². The summed E-state index contributed by atoms with van der Waals surface area (Å²) in [6.07, 6.45) is 1.13. The van der Waals surface area contributed by atoms with Gasteiger partial charge in [-0.3, -0.25) is 0 Å². The third-order valence-corrected chi connectivity index (χ3v) is 2.37. The van der Waals surface area contributed by atoms with Crippen molar-refractivity contribution in [3.05, 3.63) is 0 Å². The van der Waals surface area contributed by atoms with Crippen molar-refractivity contribution in [3.63, 3.8) is 0 Å². The van der Waals surface area contributed by atoms with Crippen LogP contribution in [0.1, 0.15) is 34.1 Å². The molecule has 60 valence electrons. The van der Waals surface area contributed by atoms with E-state index in [-0.39, 0.29) is 5.54 Å². The highest BCUT2D eigenvalue weighted by Crippen LogP contribution is 2.15. The predicted molar refractivity (Wildman–Crippen MR) is 50.4 cm³/mol. The molecule has 2 heteroatoms. The lowest BCUT2D eigenvalue weighted by Gasteiger charge is -2.35. The van der Waals surface area contributed by atoms with Gasteiger partial charge >= 0.3 is 0 Å². The van der Waals surface area contributed by atoms with E-state index < -0.39 is 0 Å². The second kappa shape index (κ2) is 3.91. The Morgan fingerprint density at radius 1 is 1.40 bits per heavy atom. The van der Waals surface area contributed by atoms with E-state index in [0.717, 1.165) is 13.0 Å². The molecule has 0 saturated heterocycles. The topological polar surface area (TPSA) is 3.24 Å². The van der Waals surface area contributed by atoms with Gasteiger partial charge in [-0.2, -0.15) is 0 Å². The van der Waals surface area contributed by atoms with Gasteiger partial charge in [-0.15, -0.1) is 0 Å². The minimum Gasteiger partial charge on any atom is -0.364 e. The Hall–Kier alpha value is -0.110. The van der Waals surface area contributed by atoms with Crippen LogP contribution in [-0.4, -0.2) is 22.5 Å². The van der Waals surface area contributed by atoms with Gasteiger partial charge in [0.05, 0.1) is 5.49 Å². The number of hydrogen-bond donors (Lipinski definition) is 0. The predicted octanol–water partition coefficient (Wildman–Crippen LogP) is 2.45. The van der Waals surface area contributed by atoms with Crippen molar-refractivity contribution < 1.29 is 0 Å². The summed E-state index contributed by atoms with van der Waals surface area (Å²) in [5.41, 5.74) is 1.99. The largest absolute Gasteiger partial charge is 0.364 e. The summed E-state index contributed by atoms with van der Waals surface area (Å²) in [5, 5.41) is 0. The van der Waals surface area contributed by atoms with E-state index in [2.05, 4.69) is 32.6 Å². The average molecular weight is 159 g/mol. The molecular formula is C8H17NS. The fourth-order valence-electron chi connectivity index (χ4n) is 0.848. The molecule has 0 heterocycles. The third kappa shape index (κ3) is 2.25. The molecule has 0 amide bonds. The van der Waals surface area contributed by atoms with Crippen molar-refractivity contribution in [2.45, 2.75) is 39.7 Å². The van der Waals surface area contributed by atoms with E-state index in [1.165, 1.54) is 0 Å². The highest BCUT2D eigenvalue weighted by Gasteiger charge is 2.19. The first kappa shape index (κ1) is 9.89. The lowest BCUT2D eigenvalue weighted by Crippen LogP contribution is -2.41. The summed E-state index contributed by atoms with van der Waals surface area (Å²) in [5.74, 6) is 0. The Morgan fingerprint density at radius 3 is 2.00 bits per heavy atom. The van der Waals surface area contributed by atoms with Crippen LogP contribution in [0.4, 0.5) is 0 Å². The van der Waals surface area contributed by atoms with Gasteiger partial charge < -0.3 is 4.90 Å². The van der Waals surface area contributed by atoms with Crippen LogP contribution in [0.15, 0.2) is 0 Å². The fraction of sp³-hybridized carbons (Fsp3) is 0.875. The molecule has 0 atom stereocenters. The molecule has 10 heavy (non-hydrogen) atoms. The highest BCUT2D eigenvalue weighted by molar-refractivity contribution is 7.78. The molecule has 0 spiro atoms.